The summed E-state index contributed by atoms with van der Waals surface area (Å²) in [6.45, 7) is 1.24. The predicted octanol–water partition coefficient (Wildman–Crippen LogP) is 2.02. The number of carbonyl (C=O) groups is 1. The molecule has 0 radical (unpaired) electrons. The number of carbonyl (C=O) groups excluding carboxylic acids is 1. The van der Waals surface area contributed by atoms with Gasteiger partial charge in [-0.05, 0) is 18.2 Å². The van der Waals surface area contributed by atoms with Crippen LogP contribution in [-0.2, 0) is 4.79 Å². The van der Waals surface area contributed by atoms with E-state index < -0.39 is 17.3 Å². The largest absolute Gasteiger partial charge is 0.345 e. The van der Waals surface area contributed by atoms with Gasteiger partial charge in [-0.25, -0.2) is 4.39 Å². The summed E-state index contributed by atoms with van der Waals surface area (Å²) in [6, 6.07) is 8.50. The van der Waals surface area contributed by atoms with Crippen LogP contribution in [0.25, 0.3) is 0 Å². The average molecular weight is 269 g/mol. The monoisotopic (exact) mass is 269 g/mol. The maximum absolute atomic E-state index is 13.6. The maximum Gasteiger partial charge on any atom is 0.221 e. The van der Waals surface area contributed by atoms with E-state index in [1.165, 1.54) is 19.1 Å². The Labute approximate surface area is 114 Å². The number of hydrogen-bond donors (Lipinski definition) is 2. The quantitative estimate of drug-likeness (QED) is 0.815. The number of amides is 1. The Morgan fingerprint density at radius 1 is 1.15 bits per heavy atom. The van der Waals surface area contributed by atoms with Gasteiger partial charge in [-0.3, -0.25) is 4.79 Å². The molecular weight excluding hydrogens is 261 g/mol. The fourth-order valence-electron chi connectivity index (χ4n) is 1.31. The lowest BCUT2D eigenvalue weighted by Crippen LogP contribution is -2.08. The molecule has 0 saturated heterocycles. The van der Waals surface area contributed by atoms with E-state index in [-0.39, 0.29) is 17.1 Å². The van der Waals surface area contributed by atoms with E-state index >= 15 is 0 Å². The van der Waals surface area contributed by atoms with Gasteiger partial charge in [0.1, 0.15) is 29.7 Å². The molecule has 0 heterocycles. The van der Waals surface area contributed by atoms with E-state index in [0.29, 0.717) is 0 Å². The van der Waals surface area contributed by atoms with Crippen molar-refractivity contribution in [2.24, 2.45) is 0 Å². The molecule has 1 rings (SSSR count). The van der Waals surface area contributed by atoms with Crippen LogP contribution in [0.3, 0.4) is 0 Å². The van der Waals surface area contributed by atoms with E-state index in [1.807, 2.05) is 0 Å². The Bertz CT molecular complexity index is 687. The third-order valence-electron chi connectivity index (χ3n) is 2.13. The molecule has 0 aliphatic rings. The number of rotatable bonds is 3. The standard InChI is InChI=1S/C13H8FN5O/c1-8(20)18-12-3-2-10(4-11(12)14)19-13(7-17)9(5-15)6-16/h2-4,19H,1H3,(H,18,20). The second-order valence-corrected chi connectivity index (χ2v) is 3.59. The molecule has 0 spiro atoms. The first kappa shape index (κ1) is 14.7. The van der Waals surface area contributed by atoms with Gasteiger partial charge < -0.3 is 10.6 Å². The normalized spacial score (nSPS) is 8.55. The van der Waals surface area contributed by atoms with Crippen molar-refractivity contribution < 1.29 is 9.18 Å². The number of benzene rings is 1. The Kier molecular flexibility index (Phi) is 4.80. The molecular formula is C13H8FN5O. The van der Waals surface area contributed by atoms with E-state index in [1.54, 1.807) is 18.2 Å². The van der Waals surface area contributed by atoms with Crippen LogP contribution in [0.1, 0.15) is 6.92 Å². The number of halogens is 1. The third-order valence-corrected chi connectivity index (χ3v) is 2.13. The lowest BCUT2D eigenvalue weighted by atomic mass is 10.2. The van der Waals surface area contributed by atoms with Crippen LogP contribution < -0.4 is 10.6 Å². The molecule has 0 aliphatic heterocycles. The van der Waals surface area contributed by atoms with Crippen molar-refractivity contribution in [3.8, 4) is 18.2 Å². The van der Waals surface area contributed by atoms with Gasteiger partial charge in [0.05, 0.1) is 5.69 Å². The number of hydrogen-bond acceptors (Lipinski definition) is 5. The second kappa shape index (κ2) is 6.53. The van der Waals surface area contributed by atoms with Crippen molar-refractivity contribution in [3.05, 3.63) is 35.3 Å². The fraction of sp³-hybridized carbons (Fsp3) is 0.0769. The van der Waals surface area contributed by atoms with Gasteiger partial charge in [0.15, 0.2) is 5.57 Å². The lowest BCUT2D eigenvalue weighted by molar-refractivity contribution is -0.114. The lowest BCUT2D eigenvalue weighted by Gasteiger charge is -2.08. The Morgan fingerprint density at radius 2 is 1.80 bits per heavy atom. The summed E-state index contributed by atoms with van der Waals surface area (Å²) in [5.74, 6) is -1.13. The summed E-state index contributed by atoms with van der Waals surface area (Å²) < 4.78 is 13.6. The topological polar surface area (TPSA) is 112 Å². The van der Waals surface area contributed by atoms with Crippen molar-refractivity contribution in [2.45, 2.75) is 6.92 Å². The van der Waals surface area contributed by atoms with Crippen LogP contribution in [0.2, 0.25) is 0 Å². The zero-order valence-corrected chi connectivity index (χ0v) is 10.4. The summed E-state index contributed by atoms with van der Waals surface area (Å²) in [4.78, 5) is 10.8. The SMILES string of the molecule is CC(=O)Nc1ccc(NC(C#N)=C(C#N)C#N)cc1F. The predicted molar refractivity (Wildman–Crippen MR) is 68.2 cm³/mol. The molecule has 7 heteroatoms. The summed E-state index contributed by atoms with van der Waals surface area (Å²) in [7, 11) is 0. The Morgan fingerprint density at radius 3 is 2.25 bits per heavy atom. The smallest absolute Gasteiger partial charge is 0.221 e. The van der Waals surface area contributed by atoms with Gasteiger partial charge in [-0.1, -0.05) is 0 Å². The molecule has 0 atom stereocenters. The molecule has 0 fully saturated rings. The van der Waals surface area contributed by atoms with Crippen LogP contribution in [0, 0.1) is 39.8 Å². The van der Waals surface area contributed by atoms with E-state index in [2.05, 4.69) is 10.6 Å². The van der Waals surface area contributed by atoms with Crippen molar-refractivity contribution >= 4 is 17.3 Å². The Balaban J connectivity index is 3.08. The van der Waals surface area contributed by atoms with Gasteiger partial charge in [-0.2, -0.15) is 15.8 Å². The Hall–Kier alpha value is -3.37. The number of nitriles is 3. The molecule has 1 amide bonds. The first-order valence-corrected chi connectivity index (χ1v) is 5.30. The molecule has 0 aromatic heterocycles. The average Bonchev–Trinajstić information content (AvgIpc) is 2.41. The molecule has 2 N–H and O–H groups in total. The van der Waals surface area contributed by atoms with E-state index in [0.717, 1.165) is 6.07 Å². The molecule has 0 bridgehead atoms. The summed E-state index contributed by atoms with van der Waals surface area (Å²) in [5, 5.41) is 30.9. The van der Waals surface area contributed by atoms with Gasteiger partial charge in [0.2, 0.25) is 5.91 Å². The van der Waals surface area contributed by atoms with Crippen molar-refractivity contribution in [1.29, 1.82) is 15.8 Å². The molecule has 0 aliphatic carbocycles. The van der Waals surface area contributed by atoms with Gasteiger partial charge >= 0.3 is 0 Å². The number of allylic oxidation sites excluding steroid dienone is 2. The molecule has 0 saturated carbocycles. The molecule has 20 heavy (non-hydrogen) atoms. The number of nitrogens with one attached hydrogen (secondary N) is 2. The van der Waals surface area contributed by atoms with Gasteiger partial charge in [0, 0.05) is 12.6 Å². The summed E-state index contributed by atoms with van der Waals surface area (Å²) in [6.07, 6.45) is 0. The minimum absolute atomic E-state index is 0.00803. The van der Waals surface area contributed by atoms with E-state index in [9.17, 15) is 9.18 Å². The second-order valence-electron chi connectivity index (χ2n) is 3.59. The molecule has 0 unspecified atom stereocenters. The van der Waals surface area contributed by atoms with Gasteiger partial charge in [-0.15, -0.1) is 0 Å². The zero-order valence-electron chi connectivity index (χ0n) is 10.4. The van der Waals surface area contributed by atoms with Crippen molar-refractivity contribution in [2.75, 3.05) is 10.6 Å². The minimum atomic E-state index is -0.710. The maximum atomic E-state index is 13.6. The highest BCUT2D eigenvalue weighted by Crippen LogP contribution is 2.20. The first-order chi connectivity index (χ1) is 9.51. The summed E-state index contributed by atoms with van der Waals surface area (Å²) in [5.41, 5.74) is -0.511. The van der Waals surface area contributed by atoms with Crippen LogP contribution in [-0.4, -0.2) is 5.91 Å². The minimum Gasteiger partial charge on any atom is -0.345 e. The highest BCUT2D eigenvalue weighted by atomic mass is 19.1. The zero-order chi connectivity index (χ0) is 15.1. The van der Waals surface area contributed by atoms with E-state index in [4.69, 9.17) is 15.8 Å². The molecule has 98 valence electrons. The van der Waals surface area contributed by atoms with Crippen LogP contribution in [0.4, 0.5) is 15.8 Å². The fourth-order valence-corrected chi connectivity index (χ4v) is 1.31. The van der Waals surface area contributed by atoms with Crippen molar-refractivity contribution in [3.63, 3.8) is 0 Å². The van der Waals surface area contributed by atoms with Crippen LogP contribution >= 0.6 is 0 Å². The first-order valence-electron chi connectivity index (χ1n) is 5.30. The van der Waals surface area contributed by atoms with Crippen LogP contribution in [0.5, 0.6) is 0 Å². The molecule has 1 aromatic carbocycles. The number of anilines is 2. The molecule has 1 aromatic rings. The third kappa shape index (κ3) is 3.56. The van der Waals surface area contributed by atoms with Crippen molar-refractivity contribution in [1.82, 2.24) is 0 Å². The molecule has 6 nitrogen and oxygen atoms in total. The van der Waals surface area contributed by atoms with Gasteiger partial charge in [0.25, 0.3) is 0 Å². The highest BCUT2D eigenvalue weighted by Gasteiger charge is 2.09. The van der Waals surface area contributed by atoms with Crippen LogP contribution in [0.15, 0.2) is 29.5 Å². The number of nitrogens with zero attached hydrogens (tertiary/aromatic N) is 3. The highest BCUT2D eigenvalue weighted by molar-refractivity contribution is 5.89. The summed E-state index contributed by atoms with van der Waals surface area (Å²) >= 11 is 0.